The van der Waals surface area contributed by atoms with E-state index in [1.807, 2.05) is 164 Å². The molecule has 4 heterocycles. The van der Waals surface area contributed by atoms with Crippen LogP contribution in [0.5, 0.6) is 40.2 Å². The fraction of sp³-hybridized carbons (Fsp3) is 0.432. The molecule has 0 unspecified atom stereocenters. The minimum atomic E-state index is -0.0908. The molecule has 0 atom stereocenters. The zero-order valence-corrected chi connectivity index (χ0v) is 89.7. The van der Waals surface area contributed by atoms with Crippen molar-refractivity contribution in [2.75, 3.05) is 113 Å². The molecule has 4 aliphatic rings. The Kier molecular flexibility index (Phi) is 41.8. The Morgan fingerprint density at radius 2 is 0.540 bits per heavy atom. The molecule has 1 aliphatic carbocycles. The van der Waals surface area contributed by atoms with Crippen molar-refractivity contribution in [3.63, 3.8) is 0 Å². The van der Waals surface area contributed by atoms with Gasteiger partial charge in [0.1, 0.15) is 40.3 Å². The van der Waals surface area contributed by atoms with Gasteiger partial charge >= 0.3 is 0 Å². The molecule has 3 aliphatic heterocycles. The van der Waals surface area contributed by atoms with Crippen LogP contribution in [0.1, 0.15) is 256 Å². The molecular weight excluding hydrogens is 1710 g/mol. The summed E-state index contributed by atoms with van der Waals surface area (Å²) in [5.41, 5.74) is 19.4. The smallest absolute Gasteiger partial charge is 0.160 e. The topological polar surface area (TPSA) is 102 Å². The summed E-state index contributed by atoms with van der Waals surface area (Å²) in [6.07, 6.45) is 11.1. The third-order valence-corrected chi connectivity index (χ3v) is 25.6. The normalized spacial score (nSPS) is 14.8. The number of halogens is 1. The second-order valence-corrected chi connectivity index (χ2v) is 45.9. The van der Waals surface area contributed by atoms with Gasteiger partial charge in [-0.15, -0.1) is 0 Å². The number of piperidine rings is 1. The number of benzene rings is 11. The molecule has 3 N–H and O–H groups in total. The van der Waals surface area contributed by atoms with Crippen molar-refractivity contribution in [1.82, 2.24) is 19.7 Å². The van der Waals surface area contributed by atoms with E-state index in [9.17, 15) is 4.39 Å². The minimum absolute atomic E-state index is 0.00147. The van der Waals surface area contributed by atoms with Gasteiger partial charge in [0, 0.05) is 87.7 Å². The van der Waals surface area contributed by atoms with E-state index in [4.69, 9.17) is 19.0 Å². The highest BCUT2D eigenvalue weighted by atomic mass is 19.1. The first-order valence-electron chi connectivity index (χ1n) is 50.7. The number of rotatable bonds is 15. The number of likely N-dealkylation sites (tertiary alicyclic amines) is 1. The standard InChI is InChI=1S/C16H26N2.C16H25N.3C16H18O.C15H23FN2.C15H18N2O.C15H24N2/c1-16(2,3)13-5-7-14(8-6-13)17-15-9-11-18(4)12-10-15;4*1-16(2,3)13-9-11-15(12-10-13)17-14-7-5-4-6-8-14;1-15(2,3)12-5-6-14(13(16)11-12)18-9-7-17(4)8-10-18;1-15(2,3)12-7-9-13(10-8-12)18-17-14-6-4-5-11-16-14;1-15(2,3)13-5-7-14(8-6-13)17-11-9-16(4)10-12-17/h5-8,15,17H,9-12H2,1-4H3;9-12,14,17H,4-8H2,1-3H3;3*4-12H,1-3H3;5-6,11H,7-10H2,1-4H3;4-11H,1-3H3,(H,16,17);5-8H,9-12H2,1-4H3. The number of hydrogen-bond acceptors (Lipinski definition) is 13. The third-order valence-electron chi connectivity index (χ3n) is 25.6. The molecule has 0 radical (unpaired) electrons. The van der Waals surface area contributed by atoms with Crippen LogP contribution in [0.25, 0.3) is 0 Å². The van der Waals surface area contributed by atoms with Gasteiger partial charge in [0.15, 0.2) is 11.6 Å². The molecule has 16 rings (SSSR count). The summed E-state index contributed by atoms with van der Waals surface area (Å²) < 4.78 is 31.4. The van der Waals surface area contributed by atoms with Gasteiger partial charge < -0.3 is 54.2 Å². The van der Waals surface area contributed by atoms with E-state index in [2.05, 4.69) is 360 Å². The molecule has 14 heteroatoms. The maximum absolute atomic E-state index is 14.2. The zero-order chi connectivity index (χ0) is 101. The Labute approximate surface area is 839 Å². The van der Waals surface area contributed by atoms with E-state index in [0.29, 0.717) is 17.9 Å². The predicted octanol–water partition coefficient (Wildman–Crippen LogP) is 31.9. The number of aromatic nitrogens is 1. The monoisotopic (exact) mass is 1880 g/mol. The van der Waals surface area contributed by atoms with Crippen molar-refractivity contribution >= 4 is 28.6 Å². The number of anilines is 5. The lowest BCUT2D eigenvalue weighted by molar-refractivity contribution is 0.264. The lowest BCUT2D eigenvalue weighted by Crippen LogP contribution is -2.44. The van der Waals surface area contributed by atoms with Crippen LogP contribution < -0.4 is 45.0 Å². The van der Waals surface area contributed by atoms with E-state index in [-0.39, 0.29) is 49.1 Å². The summed E-state index contributed by atoms with van der Waals surface area (Å²) >= 11 is 0. The van der Waals surface area contributed by atoms with Crippen molar-refractivity contribution in [2.24, 2.45) is 0 Å². The van der Waals surface area contributed by atoms with Gasteiger partial charge in [0.25, 0.3) is 0 Å². The van der Waals surface area contributed by atoms with Crippen LogP contribution >= 0.6 is 0 Å². The Hall–Kier alpha value is -11.4. The molecule has 139 heavy (non-hydrogen) atoms. The van der Waals surface area contributed by atoms with E-state index in [0.717, 1.165) is 90.8 Å². The third kappa shape index (κ3) is 39.7. The van der Waals surface area contributed by atoms with E-state index in [1.54, 1.807) is 12.3 Å². The highest BCUT2D eigenvalue weighted by Crippen LogP contribution is 2.36. The Morgan fingerprint density at radius 3 is 0.849 bits per heavy atom. The quantitative estimate of drug-likeness (QED) is 0.0850. The average molecular weight is 1880 g/mol. The van der Waals surface area contributed by atoms with Gasteiger partial charge in [-0.05, 0) is 293 Å². The summed E-state index contributed by atoms with van der Waals surface area (Å²) in [6, 6.07) is 102. The van der Waals surface area contributed by atoms with Gasteiger partial charge in [0.2, 0.25) is 0 Å². The summed E-state index contributed by atoms with van der Waals surface area (Å²) in [6.45, 7) is 64.0. The van der Waals surface area contributed by atoms with Crippen molar-refractivity contribution in [2.45, 2.75) is 267 Å². The molecular formula is C125H170FN9O4. The molecule has 0 spiro atoms. The van der Waals surface area contributed by atoms with Crippen LogP contribution in [0, 0.1) is 5.82 Å². The summed E-state index contributed by atoms with van der Waals surface area (Å²) in [7, 11) is 6.50. The van der Waals surface area contributed by atoms with Gasteiger partial charge in [0.05, 0.1) is 5.69 Å². The van der Waals surface area contributed by atoms with Crippen LogP contribution in [0.2, 0.25) is 0 Å². The number of piperazine rings is 2. The van der Waals surface area contributed by atoms with Crippen LogP contribution in [-0.2, 0) is 43.3 Å². The van der Waals surface area contributed by atoms with Crippen LogP contribution in [0.4, 0.5) is 33.0 Å². The lowest BCUT2D eigenvalue weighted by Gasteiger charge is -2.34. The first-order valence-corrected chi connectivity index (χ1v) is 50.7. The summed E-state index contributed by atoms with van der Waals surface area (Å²) in [5, 5.41) is 7.31. The molecule has 4 fully saturated rings. The second kappa shape index (κ2) is 52.2. The number of para-hydroxylation sites is 3. The van der Waals surface area contributed by atoms with Crippen molar-refractivity contribution < 1.29 is 23.4 Å². The number of nitrogens with one attached hydrogen (secondary N) is 3. The zero-order valence-electron chi connectivity index (χ0n) is 89.7. The van der Waals surface area contributed by atoms with E-state index >= 15 is 0 Å². The first kappa shape index (κ1) is 111. The fourth-order valence-electron chi connectivity index (χ4n) is 16.0. The fourth-order valence-corrected chi connectivity index (χ4v) is 16.0. The Bertz CT molecular complexity index is 5200. The molecule has 1 saturated carbocycles. The van der Waals surface area contributed by atoms with E-state index in [1.165, 1.54) is 127 Å². The van der Waals surface area contributed by atoms with Gasteiger partial charge in [-0.2, -0.15) is 0 Å². The van der Waals surface area contributed by atoms with Crippen molar-refractivity contribution in [3.8, 4) is 40.2 Å². The van der Waals surface area contributed by atoms with Gasteiger partial charge in [-0.1, -0.05) is 337 Å². The number of nitrogens with zero attached hydrogens (tertiary/aromatic N) is 6. The van der Waals surface area contributed by atoms with Crippen molar-refractivity contribution in [1.29, 1.82) is 0 Å². The maximum Gasteiger partial charge on any atom is 0.160 e. The van der Waals surface area contributed by atoms with Gasteiger partial charge in [-0.3, -0.25) is 0 Å². The Balaban J connectivity index is 0.000000178. The van der Waals surface area contributed by atoms with Crippen LogP contribution in [0.15, 0.2) is 303 Å². The maximum atomic E-state index is 14.2. The molecule has 12 aromatic rings. The minimum Gasteiger partial charge on any atom is -0.457 e. The molecule has 0 bridgehead atoms. The molecule has 0 amide bonds. The molecule has 13 nitrogen and oxygen atoms in total. The highest BCUT2D eigenvalue weighted by molar-refractivity contribution is 5.53. The number of likely N-dealkylation sites (N-methyl/N-ethyl adjacent to an activating group) is 2. The number of pyridine rings is 1. The van der Waals surface area contributed by atoms with Crippen LogP contribution in [0.3, 0.4) is 0 Å². The predicted molar refractivity (Wildman–Crippen MR) is 593 cm³/mol. The summed E-state index contributed by atoms with van der Waals surface area (Å²) in [4.78, 5) is 21.2. The molecule has 746 valence electrons. The largest absolute Gasteiger partial charge is 0.457 e. The highest BCUT2D eigenvalue weighted by Gasteiger charge is 2.25. The first-order chi connectivity index (χ1) is 65.6. The molecule has 11 aromatic carbocycles. The average Bonchev–Trinajstić information content (AvgIpc) is 0.808. The van der Waals surface area contributed by atoms with Gasteiger partial charge in [-0.25, -0.2) is 14.9 Å². The summed E-state index contributed by atoms with van der Waals surface area (Å²) in [5.74, 6) is 6.62. The second-order valence-electron chi connectivity index (χ2n) is 45.9. The van der Waals surface area contributed by atoms with E-state index < -0.39 is 0 Å². The molecule has 1 aromatic heterocycles. The number of hydrogen-bond donors (Lipinski definition) is 3. The Morgan fingerprint density at radius 1 is 0.266 bits per heavy atom. The number of ether oxygens (including phenoxy) is 3. The SMILES string of the molecule is CC(C)(C)c1ccc(NC2CCCCC2)cc1.CC(C)(C)c1ccc(ONc2ccccn2)cc1.CC(C)(C)c1ccc(Oc2ccccc2)cc1.CC(C)(C)c1ccc(Oc2ccccc2)cc1.CC(C)(C)c1ccc(Oc2ccccc2)cc1.CN1CCC(Nc2ccc(C(C)(C)C)cc2)CC1.CN1CCN(c2ccc(C(C)(C)C)cc2)CC1.CN1CCN(c2ccc(C(C)(C)C)cc2F)CC1. The van der Waals surface area contributed by atoms with Crippen LogP contribution in [-0.4, -0.2) is 118 Å². The lowest BCUT2D eigenvalue weighted by atomic mass is 9.87. The van der Waals surface area contributed by atoms with Crippen molar-refractivity contribution in [3.05, 3.63) is 354 Å². The molecule has 3 saturated heterocycles.